The number of fused-ring (bicyclic) bond motifs is 1. The lowest BCUT2D eigenvalue weighted by molar-refractivity contribution is 0.240. The van der Waals surface area contributed by atoms with Crippen LogP contribution >= 0.6 is 0 Å². The van der Waals surface area contributed by atoms with Crippen LogP contribution in [-0.2, 0) is 13.0 Å². The third kappa shape index (κ3) is 4.15. The van der Waals surface area contributed by atoms with Crippen molar-refractivity contribution in [1.29, 1.82) is 0 Å². The molecule has 0 saturated carbocycles. The zero-order valence-corrected chi connectivity index (χ0v) is 14.5. The van der Waals surface area contributed by atoms with Gasteiger partial charge in [0.25, 0.3) is 0 Å². The van der Waals surface area contributed by atoms with Crippen molar-refractivity contribution in [3.63, 3.8) is 0 Å². The van der Waals surface area contributed by atoms with Crippen LogP contribution in [0.2, 0.25) is 0 Å². The molecular formula is C22H25NO. The van der Waals surface area contributed by atoms with Gasteiger partial charge in [0.1, 0.15) is 5.75 Å². The van der Waals surface area contributed by atoms with E-state index in [4.69, 9.17) is 4.74 Å². The molecule has 1 N–H and O–H groups in total. The summed E-state index contributed by atoms with van der Waals surface area (Å²) in [5.74, 6) is 0.982. The van der Waals surface area contributed by atoms with Gasteiger partial charge >= 0.3 is 0 Å². The largest absolute Gasteiger partial charge is 0.491 e. The molecule has 0 fully saturated rings. The summed E-state index contributed by atoms with van der Waals surface area (Å²) in [5, 5.41) is 6.10. The van der Waals surface area contributed by atoms with Crippen LogP contribution < -0.4 is 10.1 Å². The van der Waals surface area contributed by atoms with Crippen molar-refractivity contribution in [3.8, 4) is 5.75 Å². The lowest BCUT2D eigenvalue weighted by atomic mass is 10.0. The van der Waals surface area contributed by atoms with Gasteiger partial charge < -0.3 is 10.1 Å². The molecule has 0 aliphatic heterocycles. The SMILES string of the molecule is CC(C)Oc1ccc2ccccc2c1CNCCc1ccccc1. The first-order chi connectivity index (χ1) is 11.7. The van der Waals surface area contributed by atoms with Crippen molar-refractivity contribution < 1.29 is 4.74 Å². The van der Waals surface area contributed by atoms with Crippen molar-refractivity contribution in [1.82, 2.24) is 5.32 Å². The Bertz CT molecular complexity index is 780. The van der Waals surface area contributed by atoms with Crippen LogP contribution in [0.25, 0.3) is 10.8 Å². The zero-order valence-electron chi connectivity index (χ0n) is 14.5. The molecule has 0 atom stereocenters. The zero-order chi connectivity index (χ0) is 16.8. The molecule has 2 heteroatoms. The number of benzene rings is 3. The highest BCUT2D eigenvalue weighted by Crippen LogP contribution is 2.28. The molecule has 0 radical (unpaired) electrons. The summed E-state index contributed by atoms with van der Waals surface area (Å²) in [5.41, 5.74) is 2.61. The van der Waals surface area contributed by atoms with Crippen LogP contribution in [0.15, 0.2) is 66.7 Å². The average molecular weight is 319 g/mol. The van der Waals surface area contributed by atoms with E-state index in [9.17, 15) is 0 Å². The molecule has 24 heavy (non-hydrogen) atoms. The van der Waals surface area contributed by atoms with Gasteiger partial charge in [0.15, 0.2) is 0 Å². The van der Waals surface area contributed by atoms with Crippen LogP contribution in [0.5, 0.6) is 5.75 Å². The van der Waals surface area contributed by atoms with Gasteiger partial charge in [-0.25, -0.2) is 0 Å². The van der Waals surface area contributed by atoms with Crippen molar-refractivity contribution in [2.45, 2.75) is 32.9 Å². The first-order valence-electron chi connectivity index (χ1n) is 8.66. The predicted octanol–water partition coefficient (Wildman–Crippen LogP) is 4.96. The van der Waals surface area contributed by atoms with E-state index >= 15 is 0 Å². The summed E-state index contributed by atoms with van der Waals surface area (Å²) < 4.78 is 6.03. The molecule has 2 nitrogen and oxygen atoms in total. The Balaban J connectivity index is 1.73. The van der Waals surface area contributed by atoms with E-state index in [0.29, 0.717) is 0 Å². The van der Waals surface area contributed by atoms with Crippen LogP contribution in [0, 0.1) is 0 Å². The van der Waals surface area contributed by atoms with E-state index in [-0.39, 0.29) is 6.10 Å². The quantitative estimate of drug-likeness (QED) is 0.622. The molecule has 3 rings (SSSR count). The number of nitrogens with one attached hydrogen (secondary N) is 1. The average Bonchev–Trinajstić information content (AvgIpc) is 2.60. The third-order valence-corrected chi connectivity index (χ3v) is 4.10. The molecule has 0 aliphatic carbocycles. The standard InChI is InChI=1S/C22H25NO/c1-17(2)24-22-13-12-19-10-6-7-11-20(19)21(22)16-23-15-14-18-8-4-3-5-9-18/h3-13,17,23H,14-16H2,1-2H3. The number of ether oxygens (including phenoxy) is 1. The highest BCUT2D eigenvalue weighted by molar-refractivity contribution is 5.87. The van der Waals surface area contributed by atoms with Crippen molar-refractivity contribution in [2.24, 2.45) is 0 Å². The molecule has 124 valence electrons. The molecule has 0 saturated heterocycles. The van der Waals surface area contributed by atoms with Crippen LogP contribution in [-0.4, -0.2) is 12.6 Å². The summed E-state index contributed by atoms with van der Waals surface area (Å²) >= 11 is 0. The fourth-order valence-corrected chi connectivity index (χ4v) is 2.95. The first kappa shape index (κ1) is 16.5. The Morgan fingerprint density at radius 1 is 0.875 bits per heavy atom. The molecule has 3 aromatic rings. The molecule has 0 unspecified atom stereocenters. The van der Waals surface area contributed by atoms with E-state index in [1.165, 1.54) is 21.9 Å². The monoisotopic (exact) mass is 319 g/mol. The summed E-state index contributed by atoms with van der Waals surface area (Å²) in [6, 6.07) is 23.3. The van der Waals surface area contributed by atoms with E-state index in [1.807, 2.05) is 0 Å². The van der Waals surface area contributed by atoms with Gasteiger partial charge in [0, 0.05) is 12.1 Å². The maximum atomic E-state index is 6.03. The second kappa shape index (κ2) is 7.98. The van der Waals surface area contributed by atoms with Gasteiger partial charge in [0.05, 0.1) is 6.10 Å². The van der Waals surface area contributed by atoms with Crippen LogP contribution in [0.3, 0.4) is 0 Å². The molecule has 3 aromatic carbocycles. The second-order valence-electron chi connectivity index (χ2n) is 6.34. The van der Waals surface area contributed by atoms with E-state index in [2.05, 4.69) is 85.9 Å². The molecular weight excluding hydrogens is 294 g/mol. The number of rotatable bonds is 7. The fourth-order valence-electron chi connectivity index (χ4n) is 2.95. The Morgan fingerprint density at radius 2 is 1.62 bits per heavy atom. The van der Waals surface area contributed by atoms with Gasteiger partial charge in [-0.2, -0.15) is 0 Å². The van der Waals surface area contributed by atoms with Gasteiger partial charge in [-0.15, -0.1) is 0 Å². The number of hydrogen-bond donors (Lipinski definition) is 1. The van der Waals surface area contributed by atoms with Gasteiger partial charge in [0.2, 0.25) is 0 Å². The fraction of sp³-hybridized carbons (Fsp3) is 0.273. The lowest BCUT2D eigenvalue weighted by Crippen LogP contribution is -2.18. The van der Waals surface area contributed by atoms with E-state index in [1.54, 1.807) is 0 Å². The lowest BCUT2D eigenvalue weighted by Gasteiger charge is -2.17. The van der Waals surface area contributed by atoms with Gasteiger partial charge in [-0.3, -0.25) is 0 Å². The second-order valence-corrected chi connectivity index (χ2v) is 6.34. The molecule has 0 heterocycles. The molecule has 0 spiro atoms. The maximum absolute atomic E-state index is 6.03. The van der Waals surface area contributed by atoms with E-state index in [0.717, 1.165) is 25.3 Å². The summed E-state index contributed by atoms with van der Waals surface area (Å²) in [7, 11) is 0. The minimum absolute atomic E-state index is 0.175. The number of hydrogen-bond acceptors (Lipinski definition) is 2. The molecule has 0 amide bonds. The maximum Gasteiger partial charge on any atom is 0.124 e. The Hall–Kier alpha value is -2.32. The van der Waals surface area contributed by atoms with Gasteiger partial charge in [-0.1, -0.05) is 60.7 Å². The van der Waals surface area contributed by atoms with Crippen molar-refractivity contribution in [3.05, 3.63) is 77.9 Å². The molecule has 0 aromatic heterocycles. The van der Waals surface area contributed by atoms with Crippen LogP contribution in [0.1, 0.15) is 25.0 Å². The Kier molecular flexibility index (Phi) is 5.50. The van der Waals surface area contributed by atoms with E-state index < -0.39 is 0 Å². The summed E-state index contributed by atoms with van der Waals surface area (Å²) in [4.78, 5) is 0. The first-order valence-corrected chi connectivity index (χ1v) is 8.66. The highest BCUT2D eigenvalue weighted by Gasteiger charge is 2.10. The third-order valence-electron chi connectivity index (χ3n) is 4.10. The topological polar surface area (TPSA) is 21.3 Å². The summed E-state index contributed by atoms with van der Waals surface area (Å²) in [6.45, 7) is 5.91. The van der Waals surface area contributed by atoms with Crippen LogP contribution in [0.4, 0.5) is 0 Å². The predicted molar refractivity (Wildman–Crippen MR) is 102 cm³/mol. The smallest absolute Gasteiger partial charge is 0.124 e. The molecule has 0 bridgehead atoms. The normalized spacial score (nSPS) is 11.1. The molecule has 0 aliphatic rings. The van der Waals surface area contributed by atoms with Gasteiger partial charge in [-0.05, 0) is 49.2 Å². The summed E-state index contributed by atoms with van der Waals surface area (Å²) in [6.07, 6.45) is 1.21. The minimum atomic E-state index is 0.175. The Labute approximate surface area is 144 Å². The van der Waals surface area contributed by atoms with Crippen molar-refractivity contribution >= 4 is 10.8 Å². The Morgan fingerprint density at radius 3 is 2.42 bits per heavy atom. The minimum Gasteiger partial charge on any atom is -0.491 e. The van der Waals surface area contributed by atoms with Crippen molar-refractivity contribution in [2.75, 3.05) is 6.54 Å². The highest BCUT2D eigenvalue weighted by atomic mass is 16.5.